The van der Waals surface area contributed by atoms with Gasteiger partial charge in [0.05, 0.1) is 11.8 Å². The fourth-order valence-electron chi connectivity index (χ4n) is 2.57. The van der Waals surface area contributed by atoms with Crippen molar-refractivity contribution in [2.75, 3.05) is 0 Å². The number of benzene rings is 1. The number of hydrogen-bond acceptors (Lipinski definition) is 5. The molecule has 8 heteroatoms. The highest BCUT2D eigenvalue weighted by atomic mass is 19.1. The number of aromatic nitrogens is 2. The summed E-state index contributed by atoms with van der Waals surface area (Å²) in [6, 6.07) is 5.72. The number of aromatic hydroxyl groups is 1. The molecule has 3 rings (SSSR count). The van der Waals surface area contributed by atoms with Crippen LogP contribution in [0.2, 0.25) is 0 Å². The fraction of sp³-hybridized carbons (Fsp3) is 0.267. The van der Waals surface area contributed by atoms with Crippen LogP contribution in [0.4, 0.5) is 4.39 Å². The Hall–Kier alpha value is -2.90. The minimum absolute atomic E-state index is 0.00767. The maximum Gasteiger partial charge on any atom is 0.333 e. The lowest BCUT2D eigenvalue weighted by Gasteiger charge is -2.11. The van der Waals surface area contributed by atoms with Gasteiger partial charge in [-0.3, -0.25) is 13.9 Å². The lowest BCUT2D eigenvalue weighted by Crippen LogP contribution is -2.39. The van der Waals surface area contributed by atoms with E-state index in [1.165, 1.54) is 26.2 Å². The second-order valence-corrected chi connectivity index (χ2v) is 5.40. The molecular weight excluding hydrogens is 303 g/mol. The molecule has 0 radical (unpaired) electrons. The van der Waals surface area contributed by atoms with Crippen molar-refractivity contribution in [2.45, 2.75) is 12.5 Å². The van der Waals surface area contributed by atoms with Crippen molar-refractivity contribution < 1.29 is 9.50 Å². The molecule has 0 saturated carbocycles. The highest BCUT2D eigenvalue weighted by molar-refractivity contribution is 6.03. The second kappa shape index (κ2) is 5.38. The van der Waals surface area contributed by atoms with Crippen LogP contribution < -0.4 is 16.7 Å². The van der Waals surface area contributed by atoms with E-state index < -0.39 is 17.1 Å². The van der Waals surface area contributed by atoms with E-state index in [1.807, 2.05) is 0 Å². The topological polar surface area (TPSA) is 88.6 Å². The van der Waals surface area contributed by atoms with Gasteiger partial charge in [-0.25, -0.2) is 9.18 Å². The van der Waals surface area contributed by atoms with Gasteiger partial charge in [0.2, 0.25) is 5.88 Å². The van der Waals surface area contributed by atoms with Gasteiger partial charge in [-0.05, 0) is 17.7 Å². The third-order valence-corrected chi connectivity index (χ3v) is 3.95. The summed E-state index contributed by atoms with van der Waals surface area (Å²) in [6.45, 7) is 0. The Labute approximate surface area is 130 Å². The van der Waals surface area contributed by atoms with Gasteiger partial charge in [0.1, 0.15) is 11.4 Å². The fourth-order valence-corrected chi connectivity index (χ4v) is 2.57. The molecule has 7 nitrogen and oxygen atoms in total. The standard InChI is InChI=1S/C15H15FN4O3/c1-19-13(21)12(14(22)20(2)15(19)23)11-7-10(17-18-11)8-3-5-9(16)6-4-8/h3-6,10,17,21H,7H2,1-2H3. The van der Waals surface area contributed by atoms with Crippen molar-refractivity contribution in [3.63, 3.8) is 0 Å². The van der Waals surface area contributed by atoms with Gasteiger partial charge in [-0.1, -0.05) is 12.1 Å². The highest BCUT2D eigenvalue weighted by Gasteiger charge is 2.27. The van der Waals surface area contributed by atoms with Gasteiger partial charge in [-0.15, -0.1) is 0 Å². The zero-order valence-corrected chi connectivity index (χ0v) is 12.6. The largest absolute Gasteiger partial charge is 0.494 e. The molecule has 0 aliphatic carbocycles. The average Bonchev–Trinajstić information content (AvgIpc) is 3.01. The van der Waals surface area contributed by atoms with E-state index in [-0.39, 0.29) is 17.4 Å². The van der Waals surface area contributed by atoms with E-state index in [4.69, 9.17) is 0 Å². The molecule has 1 aromatic carbocycles. The predicted octanol–water partition coefficient (Wildman–Crippen LogP) is 0.367. The average molecular weight is 318 g/mol. The van der Waals surface area contributed by atoms with Crippen molar-refractivity contribution >= 4 is 5.71 Å². The Morgan fingerprint density at radius 1 is 1.22 bits per heavy atom. The van der Waals surface area contributed by atoms with Crippen molar-refractivity contribution in [3.8, 4) is 5.88 Å². The highest BCUT2D eigenvalue weighted by Crippen LogP contribution is 2.25. The van der Waals surface area contributed by atoms with E-state index in [0.717, 1.165) is 14.7 Å². The smallest absolute Gasteiger partial charge is 0.333 e. The number of nitrogens with one attached hydrogen (secondary N) is 1. The normalized spacial score (nSPS) is 17.0. The molecule has 23 heavy (non-hydrogen) atoms. The Kier molecular flexibility index (Phi) is 3.51. The molecule has 1 atom stereocenters. The SMILES string of the molecule is Cn1c(O)c(C2=NNC(c3ccc(F)cc3)C2)c(=O)n(C)c1=O. The maximum atomic E-state index is 13.0. The summed E-state index contributed by atoms with van der Waals surface area (Å²) in [6.07, 6.45) is 0.340. The first-order valence-corrected chi connectivity index (χ1v) is 6.97. The van der Waals surface area contributed by atoms with Gasteiger partial charge in [0.15, 0.2) is 0 Å². The second-order valence-electron chi connectivity index (χ2n) is 5.40. The summed E-state index contributed by atoms with van der Waals surface area (Å²) in [4.78, 5) is 24.0. The lowest BCUT2D eigenvalue weighted by molar-refractivity contribution is 0.410. The molecule has 0 fully saturated rings. The van der Waals surface area contributed by atoms with Gasteiger partial charge >= 0.3 is 5.69 Å². The molecule has 1 aromatic heterocycles. The predicted molar refractivity (Wildman–Crippen MR) is 82.0 cm³/mol. The van der Waals surface area contributed by atoms with Crippen molar-refractivity contribution in [2.24, 2.45) is 19.2 Å². The molecule has 1 aliphatic rings. The third kappa shape index (κ3) is 2.41. The monoisotopic (exact) mass is 318 g/mol. The van der Waals surface area contributed by atoms with Crippen LogP contribution in [0.3, 0.4) is 0 Å². The zero-order valence-electron chi connectivity index (χ0n) is 12.6. The van der Waals surface area contributed by atoms with Crippen LogP contribution in [-0.4, -0.2) is 20.0 Å². The summed E-state index contributed by atoms with van der Waals surface area (Å²) in [5, 5.41) is 14.2. The molecule has 2 heterocycles. The minimum Gasteiger partial charge on any atom is -0.494 e. The molecule has 2 N–H and O–H groups in total. The van der Waals surface area contributed by atoms with Gasteiger partial charge < -0.3 is 10.5 Å². The van der Waals surface area contributed by atoms with E-state index >= 15 is 0 Å². The summed E-state index contributed by atoms with van der Waals surface area (Å²) in [7, 11) is 2.72. The molecule has 0 saturated heterocycles. The molecule has 1 unspecified atom stereocenters. The number of hydrogen-bond donors (Lipinski definition) is 2. The summed E-state index contributed by atoms with van der Waals surface area (Å²) in [5.74, 6) is -0.754. The number of hydrazone groups is 1. The van der Waals surface area contributed by atoms with Crippen molar-refractivity contribution in [1.29, 1.82) is 0 Å². The first kappa shape index (κ1) is 15.0. The molecule has 120 valence electrons. The van der Waals surface area contributed by atoms with Crippen molar-refractivity contribution in [1.82, 2.24) is 14.6 Å². The van der Waals surface area contributed by atoms with Gasteiger partial charge in [0.25, 0.3) is 5.56 Å². The van der Waals surface area contributed by atoms with Crippen LogP contribution >= 0.6 is 0 Å². The van der Waals surface area contributed by atoms with Crippen molar-refractivity contribution in [3.05, 3.63) is 62.0 Å². The summed E-state index contributed by atoms with van der Waals surface area (Å²) < 4.78 is 14.9. The maximum absolute atomic E-state index is 13.0. The Morgan fingerprint density at radius 2 is 1.87 bits per heavy atom. The van der Waals surface area contributed by atoms with Crippen LogP contribution in [0, 0.1) is 5.82 Å². The third-order valence-electron chi connectivity index (χ3n) is 3.95. The molecule has 0 bridgehead atoms. The number of rotatable bonds is 2. The van der Waals surface area contributed by atoms with Crippen LogP contribution in [0.1, 0.15) is 23.6 Å². The zero-order chi connectivity index (χ0) is 16.7. The van der Waals surface area contributed by atoms with Gasteiger partial charge in [0, 0.05) is 20.5 Å². The quantitative estimate of drug-likeness (QED) is 0.837. The molecule has 0 spiro atoms. The molecular formula is C15H15FN4O3. The van der Waals surface area contributed by atoms with Gasteiger partial charge in [-0.2, -0.15) is 5.10 Å². The van der Waals surface area contributed by atoms with E-state index in [1.54, 1.807) is 12.1 Å². The lowest BCUT2D eigenvalue weighted by atomic mass is 10.00. The van der Waals surface area contributed by atoms with E-state index in [2.05, 4.69) is 10.5 Å². The van der Waals surface area contributed by atoms with Crippen LogP contribution in [0.15, 0.2) is 39.0 Å². The summed E-state index contributed by atoms with van der Waals surface area (Å²) in [5.41, 5.74) is 2.81. The Morgan fingerprint density at radius 3 is 2.52 bits per heavy atom. The molecule has 2 aromatic rings. The van der Waals surface area contributed by atoms with Crippen LogP contribution in [0.5, 0.6) is 5.88 Å². The first-order valence-electron chi connectivity index (χ1n) is 6.97. The Balaban J connectivity index is 1.98. The molecule has 0 amide bonds. The van der Waals surface area contributed by atoms with Crippen LogP contribution in [-0.2, 0) is 14.1 Å². The van der Waals surface area contributed by atoms with E-state index in [0.29, 0.717) is 12.1 Å². The first-order chi connectivity index (χ1) is 10.9. The molecule has 1 aliphatic heterocycles. The summed E-state index contributed by atoms with van der Waals surface area (Å²) >= 11 is 0. The number of nitrogens with zero attached hydrogens (tertiary/aromatic N) is 3. The van der Waals surface area contributed by atoms with E-state index in [9.17, 15) is 19.1 Å². The minimum atomic E-state index is -0.613. The number of halogens is 1. The van der Waals surface area contributed by atoms with Crippen LogP contribution in [0.25, 0.3) is 0 Å². The Bertz CT molecular complexity index is 912.